The van der Waals surface area contributed by atoms with Crippen molar-refractivity contribution in [2.45, 2.75) is 25.8 Å². The summed E-state index contributed by atoms with van der Waals surface area (Å²) in [7, 11) is 0. The largest absolute Gasteiger partial charge is 0.483 e. The van der Waals surface area contributed by atoms with E-state index < -0.39 is 0 Å². The van der Waals surface area contributed by atoms with Gasteiger partial charge in [-0.05, 0) is 30.0 Å². The quantitative estimate of drug-likeness (QED) is 0.727. The van der Waals surface area contributed by atoms with Crippen molar-refractivity contribution in [1.82, 2.24) is 14.5 Å². The van der Waals surface area contributed by atoms with E-state index >= 15 is 0 Å². The molecule has 0 saturated carbocycles. The molecule has 2 aliphatic rings. The third-order valence-corrected chi connectivity index (χ3v) is 5.17. The van der Waals surface area contributed by atoms with Gasteiger partial charge < -0.3 is 20.3 Å². The van der Waals surface area contributed by atoms with Gasteiger partial charge in [-0.2, -0.15) is 0 Å². The van der Waals surface area contributed by atoms with E-state index in [2.05, 4.69) is 4.98 Å². The summed E-state index contributed by atoms with van der Waals surface area (Å²) in [6.45, 7) is 3.46. The molecule has 0 unspecified atom stereocenters. The number of carboxylic acid groups (broad SMARTS) is 1. The molecule has 8 heteroatoms. The fourth-order valence-electron chi connectivity index (χ4n) is 4.02. The van der Waals surface area contributed by atoms with Gasteiger partial charge in [-0.3, -0.25) is 19.4 Å². The molecule has 0 aromatic carbocycles. The van der Waals surface area contributed by atoms with Crippen LogP contribution < -0.4 is 11.3 Å². The van der Waals surface area contributed by atoms with Crippen molar-refractivity contribution < 1.29 is 14.7 Å². The summed E-state index contributed by atoms with van der Waals surface area (Å²) < 4.78 is 1.87. The normalized spacial score (nSPS) is 20.1. The smallest absolute Gasteiger partial charge is 0.290 e. The van der Waals surface area contributed by atoms with Gasteiger partial charge in [0.15, 0.2) is 0 Å². The number of fused-ring (bicyclic) bond motifs is 4. The summed E-state index contributed by atoms with van der Waals surface area (Å²) in [5.41, 5.74) is 9.23. The minimum atomic E-state index is -0.250. The zero-order valence-corrected chi connectivity index (χ0v) is 15.0. The number of carbonyl (C=O) groups excluding carboxylic acids is 1. The molecule has 2 aromatic rings. The topological polar surface area (TPSA) is 119 Å². The van der Waals surface area contributed by atoms with Crippen LogP contribution in [0.4, 0.5) is 5.69 Å². The zero-order chi connectivity index (χ0) is 19.6. The fraction of sp³-hybridized carbons (Fsp3) is 0.368. The van der Waals surface area contributed by atoms with E-state index in [-0.39, 0.29) is 23.9 Å². The first kappa shape index (κ1) is 18.6. The van der Waals surface area contributed by atoms with E-state index in [1.165, 1.54) is 0 Å². The molecule has 2 aromatic heterocycles. The highest BCUT2D eigenvalue weighted by Crippen LogP contribution is 2.37. The van der Waals surface area contributed by atoms with Gasteiger partial charge >= 0.3 is 0 Å². The minimum Gasteiger partial charge on any atom is -0.483 e. The number of anilines is 1. The van der Waals surface area contributed by atoms with Crippen molar-refractivity contribution in [2.24, 2.45) is 5.92 Å². The third kappa shape index (κ3) is 3.69. The van der Waals surface area contributed by atoms with E-state index in [1.54, 1.807) is 31.5 Å². The predicted molar refractivity (Wildman–Crippen MR) is 100 cm³/mol. The Hall–Kier alpha value is -3.16. The Morgan fingerprint density at radius 3 is 2.74 bits per heavy atom. The number of pyridine rings is 2. The average molecular weight is 370 g/mol. The van der Waals surface area contributed by atoms with Gasteiger partial charge in [-0.25, -0.2) is 0 Å². The first-order valence-electron chi connectivity index (χ1n) is 8.72. The predicted octanol–water partition coefficient (Wildman–Crippen LogP) is 1.16. The Morgan fingerprint density at radius 1 is 1.33 bits per heavy atom. The van der Waals surface area contributed by atoms with E-state index in [1.807, 2.05) is 15.5 Å². The Kier molecular flexibility index (Phi) is 5.25. The maximum absolute atomic E-state index is 12.6. The Labute approximate surface area is 156 Å². The maximum atomic E-state index is 12.6. The monoisotopic (exact) mass is 370 g/mol. The Morgan fingerprint density at radius 2 is 2.07 bits per heavy atom. The molecule has 1 amide bonds. The second-order valence-corrected chi connectivity index (χ2v) is 6.91. The number of nitrogen functional groups attached to an aromatic ring is 1. The summed E-state index contributed by atoms with van der Waals surface area (Å²) in [5.74, 6) is 0.660. The van der Waals surface area contributed by atoms with Crippen molar-refractivity contribution in [3.05, 3.63) is 46.6 Å². The van der Waals surface area contributed by atoms with Gasteiger partial charge in [0.25, 0.3) is 12.0 Å². The lowest BCUT2D eigenvalue weighted by atomic mass is 9.82. The van der Waals surface area contributed by atoms with Crippen molar-refractivity contribution in [2.75, 3.05) is 18.8 Å². The van der Waals surface area contributed by atoms with Gasteiger partial charge in [0.05, 0.1) is 0 Å². The molecule has 2 bridgehead atoms. The Balaban J connectivity index is 0.000000659. The van der Waals surface area contributed by atoms with Crippen molar-refractivity contribution in [3.8, 4) is 11.1 Å². The molecule has 8 nitrogen and oxygen atoms in total. The molecule has 2 atom stereocenters. The highest BCUT2D eigenvalue weighted by Gasteiger charge is 2.35. The van der Waals surface area contributed by atoms with E-state index in [4.69, 9.17) is 15.6 Å². The first-order valence-corrected chi connectivity index (χ1v) is 8.72. The number of piperidine rings is 1. The molecule has 3 N–H and O–H groups in total. The fourth-order valence-corrected chi connectivity index (χ4v) is 4.02. The third-order valence-electron chi connectivity index (χ3n) is 5.17. The molecule has 0 aliphatic carbocycles. The van der Waals surface area contributed by atoms with Gasteiger partial charge in [0.2, 0.25) is 5.91 Å². The lowest BCUT2D eigenvalue weighted by Gasteiger charge is -2.42. The zero-order valence-electron chi connectivity index (χ0n) is 15.0. The summed E-state index contributed by atoms with van der Waals surface area (Å²) in [6.07, 6.45) is 4.35. The van der Waals surface area contributed by atoms with Crippen LogP contribution in [0.5, 0.6) is 0 Å². The van der Waals surface area contributed by atoms with Gasteiger partial charge in [0.1, 0.15) is 0 Å². The number of nitrogens with two attached hydrogens (primary N) is 1. The number of amides is 1. The van der Waals surface area contributed by atoms with Crippen LogP contribution in [0.15, 0.2) is 35.4 Å². The number of likely N-dealkylation sites (tertiary alicyclic amines) is 1. The van der Waals surface area contributed by atoms with E-state index in [9.17, 15) is 9.59 Å². The molecule has 4 heterocycles. The van der Waals surface area contributed by atoms with Crippen LogP contribution in [0.2, 0.25) is 0 Å². The average Bonchev–Trinajstić information content (AvgIpc) is 2.63. The molecule has 1 saturated heterocycles. The number of nitrogens with zero attached hydrogens (tertiary/aromatic N) is 3. The number of rotatable bonds is 1. The highest BCUT2D eigenvalue weighted by atomic mass is 16.3. The molecule has 0 spiro atoms. The van der Waals surface area contributed by atoms with Gasteiger partial charge in [-0.15, -0.1) is 0 Å². The first-order chi connectivity index (χ1) is 12.9. The second kappa shape index (κ2) is 7.61. The number of hydrogen-bond acceptors (Lipinski definition) is 5. The van der Waals surface area contributed by atoms with Crippen LogP contribution in [0, 0.1) is 5.92 Å². The van der Waals surface area contributed by atoms with Crippen molar-refractivity contribution in [3.63, 3.8) is 0 Å². The molecule has 2 aliphatic heterocycles. The van der Waals surface area contributed by atoms with Crippen LogP contribution in [-0.2, 0) is 16.1 Å². The molecule has 27 heavy (non-hydrogen) atoms. The lowest BCUT2D eigenvalue weighted by molar-refractivity contribution is -0.131. The van der Waals surface area contributed by atoms with Crippen LogP contribution >= 0.6 is 0 Å². The summed E-state index contributed by atoms with van der Waals surface area (Å²) in [6, 6.07) is 5.42. The lowest BCUT2D eigenvalue weighted by Crippen LogP contribution is -2.48. The molecule has 0 radical (unpaired) electrons. The van der Waals surface area contributed by atoms with Crippen LogP contribution in [0.25, 0.3) is 11.1 Å². The standard InChI is InChI=1S/C18H20N4O2.CH2O2/c1-11(23)21-8-12-4-14(10-21)17-5-13(6-18(24)22(17)9-12)15-7-20-3-2-16(15)19;2-1-3/h2-3,5-7,12,14H,4,8-10H2,1H3,(H2,19,20);1H,(H,2,3)/t12-,14+;/m0./s1. The Bertz CT molecular complexity index is 924. The molecule has 142 valence electrons. The SMILES string of the molecule is CC(=O)N1C[C@@H]2C[C@H](C1)c1cc(-c3cnccc3N)cc(=O)n1C2.O=CO. The van der Waals surface area contributed by atoms with Crippen molar-refractivity contribution in [1.29, 1.82) is 0 Å². The van der Waals surface area contributed by atoms with Gasteiger partial charge in [0, 0.05) is 67.9 Å². The van der Waals surface area contributed by atoms with Crippen LogP contribution in [0.1, 0.15) is 25.0 Å². The van der Waals surface area contributed by atoms with Crippen LogP contribution in [-0.4, -0.2) is 45.0 Å². The van der Waals surface area contributed by atoms with E-state index in [0.29, 0.717) is 24.7 Å². The molecule has 1 fully saturated rings. The second-order valence-electron chi connectivity index (χ2n) is 6.91. The van der Waals surface area contributed by atoms with Crippen LogP contribution in [0.3, 0.4) is 0 Å². The van der Waals surface area contributed by atoms with E-state index in [0.717, 1.165) is 29.8 Å². The number of carbonyl (C=O) groups is 2. The highest BCUT2D eigenvalue weighted by molar-refractivity contribution is 5.75. The summed E-state index contributed by atoms with van der Waals surface area (Å²) >= 11 is 0. The number of hydrogen-bond donors (Lipinski definition) is 2. The molecular formula is C19H22N4O4. The minimum absolute atomic E-state index is 0.00303. The number of aromatic nitrogens is 2. The molecule has 4 rings (SSSR count). The van der Waals surface area contributed by atoms with Gasteiger partial charge in [-0.1, -0.05) is 0 Å². The molecular weight excluding hydrogens is 348 g/mol. The summed E-state index contributed by atoms with van der Waals surface area (Å²) in [5, 5.41) is 6.89. The summed E-state index contributed by atoms with van der Waals surface area (Å²) in [4.78, 5) is 38.8. The van der Waals surface area contributed by atoms with Crippen molar-refractivity contribution >= 4 is 18.1 Å². The maximum Gasteiger partial charge on any atom is 0.290 e.